The summed E-state index contributed by atoms with van der Waals surface area (Å²) in [5.41, 5.74) is 0. The fourth-order valence-electron chi connectivity index (χ4n) is 1.82. The van der Waals surface area contributed by atoms with Gasteiger partial charge in [0.25, 0.3) is 0 Å². The van der Waals surface area contributed by atoms with Crippen LogP contribution in [-0.2, 0) is 4.79 Å². The minimum Gasteiger partial charge on any atom is -0.340 e. The fourth-order valence-corrected chi connectivity index (χ4v) is 1.82. The number of unbranched alkanes of at least 4 members (excludes halogenated alkanes) is 2. The molecule has 1 aliphatic heterocycles. The van der Waals surface area contributed by atoms with E-state index < -0.39 is 0 Å². The van der Waals surface area contributed by atoms with E-state index in [1.165, 1.54) is 0 Å². The maximum Gasteiger partial charge on any atom is 0.222 e. The number of carbonyl (C=O) groups is 1. The number of terminal acetylenes is 1. The van der Waals surface area contributed by atoms with Crippen LogP contribution in [0.5, 0.6) is 0 Å². The Hall–Kier alpha value is -1.01. The minimum atomic E-state index is 0.278. The monoisotopic (exact) mass is 208 g/mol. The Labute approximate surface area is 92.2 Å². The average molecular weight is 208 g/mol. The summed E-state index contributed by atoms with van der Waals surface area (Å²) >= 11 is 0. The molecule has 84 valence electrons. The molecule has 1 saturated heterocycles. The highest BCUT2D eigenvalue weighted by Gasteiger charge is 2.19. The van der Waals surface area contributed by atoms with Gasteiger partial charge in [0.15, 0.2) is 0 Å². The number of piperazine rings is 1. The third kappa shape index (κ3) is 4.35. The minimum absolute atomic E-state index is 0.278. The van der Waals surface area contributed by atoms with Crippen molar-refractivity contribution in [1.29, 1.82) is 0 Å². The first kappa shape index (κ1) is 12.1. The quantitative estimate of drug-likeness (QED) is 0.552. The number of amides is 1. The van der Waals surface area contributed by atoms with Crippen molar-refractivity contribution in [3.05, 3.63) is 0 Å². The van der Waals surface area contributed by atoms with Crippen molar-refractivity contribution in [1.82, 2.24) is 10.2 Å². The first-order valence-corrected chi connectivity index (χ1v) is 5.68. The van der Waals surface area contributed by atoms with Crippen LogP contribution in [0.1, 0.15) is 32.6 Å². The second-order valence-corrected chi connectivity index (χ2v) is 4.11. The van der Waals surface area contributed by atoms with E-state index >= 15 is 0 Å². The van der Waals surface area contributed by atoms with E-state index in [0.717, 1.165) is 38.9 Å². The van der Waals surface area contributed by atoms with Gasteiger partial charge in [0.05, 0.1) is 0 Å². The predicted octanol–water partition coefficient (Wildman–Crippen LogP) is 1.00. The maximum absolute atomic E-state index is 11.8. The molecule has 1 atom stereocenters. The normalized spacial score (nSPS) is 21.1. The molecular formula is C12H20N2O. The molecule has 1 amide bonds. The molecule has 0 bridgehead atoms. The van der Waals surface area contributed by atoms with Crippen LogP contribution in [0.15, 0.2) is 0 Å². The maximum atomic E-state index is 11.8. The Morgan fingerprint density at radius 2 is 2.40 bits per heavy atom. The van der Waals surface area contributed by atoms with Gasteiger partial charge in [-0.15, -0.1) is 12.3 Å². The van der Waals surface area contributed by atoms with Crippen LogP contribution in [0.3, 0.4) is 0 Å². The van der Waals surface area contributed by atoms with Crippen molar-refractivity contribution in [2.45, 2.75) is 38.6 Å². The number of nitrogens with zero attached hydrogens (tertiary/aromatic N) is 1. The zero-order chi connectivity index (χ0) is 11.1. The largest absolute Gasteiger partial charge is 0.340 e. The summed E-state index contributed by atoms with van der Waals surface area (Å²) in [6.45, 7) is 4.71. The van der Waals surface area contributed by atoms with Gasteiger partial charge in [0.2, 0.25) is 5.91 Å². The summed E-state index contributed by atoms with van der Waals surface area (Å²) in [4.78, 5) is 13.7. The van der Waals surface area contributed by atoms with Gasteiger partial charge in [-0.2, -0.15) is 0 Å². The van der Waals surface area contributed by atoms with Crippen LogP contribution >= 0.6 is 0 Å². The zero-order valence-corrected chi connectivity index (χ0v) is 9.46. The number of hydrogen-bond acceptors (Lipinski definition) is 2. The Kier molecular flexibility index (Phi) is 5.20. The highest BCUT2D eigenvalue weighted by atomic mass is 16.2. The van der Waals surface area contributed by atoms with E-state index in [1.807, 2.05) is 4.90 Å². The molecule has 1 N–H and O–H groups in total. The molecule has 3 nitrogen and oxygen atoms in total. The van der Waals surface area contributed by atoms with E-state index in [2.05, 4.69) is 18.2 Å². The lowest BCUT2D eigenvalue weighted by Crippen LogP contribution is -2.51. The van der Waals surface area contributed by atoms with E-state index in [0.29, 0.717) is 12.5 Å². The lowest BCUT2D eigenvalue weighted by molar-refractivity contribution is -0.132. The summed E-state index contributed by atoms with van der Waals surface area (Å²) in [6.07, 6.45) is 8.46. The van der Waals surface area contributed by atoms with Crippen molar-refractivity contribution in [3.63, 3.8) is 0 Å². The second-order valence-electron chi connectivity index (χ2n) is 4.11. The standard InChI is InChI=1S/C12H20N2O/c1-3-4-5-6-7-12(15)14-9-8-13-11(2)10-14/h1,11,13H,4-10H2,2H3/t11-/m1/s1. The molecule has 15 heavy (non-hydrogen) atoms. The second kappa shape index (κ2) is 6.47. The Balaban J connectivity index is 2.18. The van der Waals surface area contributed by atoms with Crippen LogP contribution in [0.4, 0.5) is 0 Å². The van der Waals surface area contributed by atoms with Crippen LogP contribution in [0.2, 0.25) is 0 Å². The van der Waals surface area contributed by atoms with Gasteiger partial charge in [0, 0.05) is 38.5 Å². The van der Waals surface area contributed by atoms with Crippen molar-refractivity contribution in [3.8, 4) is 12.3 Å². The molecule has 0 aromatic rings. The van der Waals surface area contributed by atoms with Crippen LogP contribution < -0.4 is 5.32 Å². The molecule has 1 aliphatic rings. The van der Waals surface area contributed by atoms with Gasteiger partial charge in [0.1, 0.15) is 0 Å². The molecule has 1 heterocycles. The van der Waals surface area contributed by atoms with Gasteiger partial charge >= 0.3 is 0 Å². The highest BCUT2D eigenvalue weighted by Crippen LogP contribution is 2.05. The van der Waals surface area contributed by atoms with E-state index in [-0.39, 0.29) is 5.91 Å². The summed E-state index contributed by atoms with van der Waals surface area (Å²) in [7, 11) is 0. The lowest BCUT2D eigenvalue weighted by Gasteiger charge is -2.32. The topological polar surface area (TPSA) is 32.3 Å². The Morgan fingerprint density at radius 1 is 1.60 bits per heavy atom. The molecule has 3 heteroatoms. The molecule has 0 saturated carbocycles. The zero-order valence-electron chi connectivity index (χ0n) is 9.46. The average Bonchev–Trinajstić information content (AvgIpc) is 2.24. The lowest BCUT2D eigenvalue weighted by atomic mass is 10.1. The summed E-state index contributed by atoms with van der Waals surface area (Å²) < 4.78 is 0. The number of carbonyl (C=O) groups excluding carboxylic acids is 1. The molecular weight excluding hydrogens is 188 g/mol. The van der Waals surface area contributed by atoms with E-state index in [1.54, 1.807) is 0 Å². The molecule has 0 spiro atoms. The van der Waals surface area contributed by atoms with Crippen molar-refractivity contribution in [2.24, 2.45) is 0 Å². The molecule has 1 rings (SSSR count). The number of rotatable bonds is 4. The van der Waals surface area contributed by atoms with Crippen LogP contribution in [-0.4, -0.2) is 36.5 Å². The first-order valence-electron chi connectivity index (χ1n) is 5.68. The molecule has 0 radical (unpaired) electrons. The first-order chi connectivity index (χ1) is 7.24. The predicted molar refractivity (Wildman–Crippen MR) is 61.3 cm³/mol. The SMILES string of the molecule is C#CCCCCC(=O)N1CCN[C@H](C)C1. The Bertz CT molecular complexity index is 244. The van der Waals surface area contributed by atoms with Gasteiger partial charge in [-0.05, 0) is 19.8 Å². The number of hydrogen-bond donors (Lipinski definition) is 1. The highest BCUT2D eigenvalue weighted by molar-refractivity contribution is 5.76. The molecule has 0 unspecified atom stereocenters. The summed E-state index contributed by atoms with van der Waals surface area (Å²) in [6, 6.07) is 0.424. The molecule has 0 aliphatic carbocycles. The van der Waals surface area contributed by atoms with Crippen LogP contribution in [0.25, 0.3) is 0 Å². The van der Waals surface area contributed by atoms with E-state index in [9.17, 15) is 4.79 Å². The fraction of sp³-hybridized carbons (Fsp3) is 0.750. The number of nitrogens with one attached hydrogen (secondary N) is 1. The Morgan fingerprint density at radius 3 is 3.07 bits per heavy atom. The van der Waals surface area contributed by atoms with E-state index in [4.69, 9.17) is 6.42 Å². The smallest absolute Gasteiger partial charge is 0.222 e. The summed E-state index contributed by atoms with van der Waals surface area (Å²) in [5.74, 6) is 2.87. The van der Waals surface area contributed by atoms with Gasteiger partial charge in [-0.25, -0.2) is 0 Å². The van der Waals surface area contributed by atoms with Crippen LogP contribution in [0, 0.1) is 12.3 Å². The van der Waals surface area contributed by atoms with Gasteiger partial charge < -0.3 is 10.2 Å². The third-order valence-corrected chi connectivity index (χ3v) is 2.68. The summed E-state index contributed by atoms with van der Waals surface area (Å²) in [5, 5.41) is 3.32. The molecule has 0 aromatic carbocycles. The van der Waals surface area contributed by atoms with Crippen molar-refractivity contribution < 1.29 is 4.79 Å². The molecule has 0 aromatic heterocycles. The van der Waals surface area contributed by atoms with Crippen molar-refractivity contribution in [2.75, 3.05) is 19.6 Å². The van der Waals surface area contributed by atoms with Gasteiger partial charge in [-0.3, -0.25) is 4.79 Å². The van der Waals surface area contributed by atoms with Gasteiger partial charge in [-0.1, -0.05) is 0 Å². The van der Waals surface area contributed by atoms with Crippen molar-refractivity contribution >= 4 is 5.91 Å². The third-order valence-electron chi connectivity index (χ3n) is 2.68. The molecule has 1 fully saturated rings.